The number of aromatic nitrogens is 2. The third kappa shape index (κ3) is 2.93. The van der Waals surface area contributed by atoms with Gasteiger partial charge < -0.3 is 9.72 Å². The predicted molar refractivity (Wildman–Crippen MR) is 78.9 cm³/mol. The van der Waals surface area contributed by atoms with E-state index in [9.17, 15) is 8.42 Å². The molecule has 0 amide bonds. The van der Waals surface area contributed by atoms with E-state index in [4.69, 9.17) is 4.74 Å². The molecule has 1 aliphatic heterocycles. The van der Waals surface area contributed by atoms with Crippen molar-refractivity contribution >= 4 is 21.2 Å². The first-order valence-corrected chi connectivity index (χ1v) is 8.20. The van der Waals surface area contributed by atoms with Gasteiger partial charge in [-0.15, -0.1) is 0 Å². The van der Waals surface area contributed by atoms with Gasteiger partial charge in [0.25, 0.3) is 10.2 Å². The van der Waals surface area contributed by atoms with E-state index in [1.54, 1.807) is 7.05 Å². The van der Waals surface area contributed by atoms with Crippen molar-refractivity contribution in [3.8, 4) is 0 Å². The summed E-state index contributed by atoms with van der Waals surface area (Å²) in [7, 11) is -1.90. The Hall–Kier alpha value is -1.48. The molecule has 0 aliphatic carbocycles. The van der Waals surface area contributed by atoms with E-state index in [1.807, 2.05) is 24.3 Å². The molecule has 1 N–H and O–H groups in total. The van der Waals surface area contributed by atoms with Crippen LogP contribution in [0.15, 0.2) is 24.3 Å². The van der Waals surface area contributed by atoms with Crippen LogP contribution in [0.25, 0.3) is 11.0 Å². The highest BCUT2D eigenvalue weighted by Gasteiger charge is 2.29. The van der Waals surface area contributed by atoms with Crippen molar-refractivity contribution in [2.45, 2.75) is 6.54 Å². The highest BCUT2D eigenvalue weighted by Crippen LogP contribution is 2.15. The second-order valence-electron chi connectivity index (χ2n) is 4.98. The van der Waals surface area contributed by atoms with Crippen molar-refractivity contribution in [3.05, 3.63) is 30.1 Å². The normalized spacial score (nSPS) is 17.6. The van der Waals surface area contributed by atoms with Crippen LogP contribution in [0.5, 0.6) is 0 Å². The zero-order valence-corrected chi connectivity index (χ0v) is 12.6. The molecule has 0 unspecified atom stereocenters. The second kappa shape index (κ2) is 5.72. The maximum Gasteiger partial charge on any atom is 0.282 e. The third-order valence-corrected chi connectivity index (χ3v) is 5.44. The molecule has 1 fully saturated rings. The number of nitrogens with zero attached hydrogens (tertiary/aromatic N) is 3. The van der Waals surface area contributed by atoms with Crippen molar-refractivity contribution in [3.63, 3.8) is 0 Å². The van der Waals surface area contributed by atoms with Crippen LogP contribution in [-0.2, 0) is 21.5 Å². The highest BCUT2D eigenvalue weighted by atomic mass is 32.2. The number of benzene rings is 1. The molecule has 114 valence electrons. The minimum absolute atomic E-state index is 0.217. The Bertz CT molecular complexity index is 689. The first-order valence-electron chi connectivity index (χ1n) is 6.80. The molecule has 1 saturated heterocycles. The Morgan fingerprint density at radius 2 is 2.05 bits per heavy atom. The van der Waals surface area contributed by atoms with Crippen LogP contribution in [-0.4, -0.2) is 60.3 Å². The van der Waals surface area contributed by atoms with Gasteiger partial charge in [0.1, 0.15) is 5.82 Å². The molecule has 0 radical (unpaired) electrons. The summed E-state index contributed by atoms with van der Waals surface area (Å²) in [5.74, 6) is 0.635. The number of nitrogens with one attached hydrogen (secondary N) is 1. The first-order chi connectivity index (χ1) is 10.1. The largest absolute Gasteiger partial charge is 0.379 e. The molecule has 0 bridgehead atoms. The van der Waals surface area contributed by atoms with Crippen molar-refractivity contribution in [1.29, 1.82) is 0 Å². The summed E-state index contributed by atoms with van der Waals surface area (Å²) < 4.78 is 32.9. The SMILES string of the molecule is CN(Cc1nc2ccccc2[nH]1)S(=O)(=O)N1CCOCC1. The molecule has 1 aromatic carbocycles. The Kier molecular flexibility index (Phi) is 3.94. The summed E-state index contributed by atoms with van der Waals surface area (Å²) in [5.41, 5.74) is 1.74. The predicted octanol–water partition coefficient (Wildman–Crippen LogP) is 0.572. The molecule has 2 aromatic rings. The lowest BCUT2D eigenvalue weighted by Gasteiger charge is -2.29. The van der Waals surface area contributed by atoms with Gasteiger partial charge in [-0.3, -0.25) is 0 Å². The Labute approximate surface area is 123 Å². The number of hydrogen-bond donors (Lipinski definition) is 1. The average molecular weight is 310 g/mol. The summed E-state index contributed by atoms with van der Waals surface area (Å²) in [6.07, 6.45) is 0. The van der Waals surface area contributed by atoms with Gasteiger partial charge >= 0.3 is 0 Å². The molecule has 0 saturated carbocycles. The van der Waals surface area contributed by atoms with Gasteiger partial charge in [0.2, 0.25) is 0 Å². The minimum Gasteiger partial charge on any atom is -0.379 e. The number of aromatic amines is 1. The Morgan fingerprint density at radius 3 is 2.76 bits per heavy atom. The van der Waals surface area contributed by atoms with Crippen LogP contribution >= 0.6 is 0 Å². The summed E-state index contributed by atoms with van der Waals surface area (Å²) in [6.45, 7) is 1.89. The standard InChI is InChI=1S/C13H18N4O3S/c1-16(21(18,19)17-6-8-20-9-7-17)10-13-14-11-4-2-3-5-12(11)15-13/h2-5H,6-10H2,1H3,(H,14,15). The highest BCUT2D eigenvalue weighted by molar-refractivity contribution is 7.86. The van der Waals surface area contributed by atoms with Crippen molar-refractivity contribution in [2.75, 3.05) is 33.4 Å². The van der Waals surface area contributed by atoms with Gasteiger partial charge in [0.15, 0.2) is 0 Å². The second-order valence-corrected chi connectivity index (χ2v) is 7.01. The summed E-state index contributed by atoms with van der Waals surface area (Å²) in [6, 6.07) is 7.63. The van der Waals surface area contributed by atoms with E-state index < -0.39 is 10.2 Å². The number of H-pyrrole nitrogens is 1. The topological polar surface area (TPSA) is 78.5 Å². The van der Waals surface area contributed by atoms with E-state index in [2.05, 4.69) is 9.97 Å². The zero-order chi connectivity index (χ0) is 14.9. The van der Waals surface area contributed by atoms with Gasteiger partial charge in [0, 0.05) is 20.1 Å². The van der Waals surface area contributed by atoms with Crippen LogP contribution in [0, 0.1) is 0 Å². The number of fused-ring (bicyclic) bond motifs is 1. The van der Waals surface area contributed by atoms with E-state index in [0.29, 0.717) is 32.1 Å². The van der Waals surface area contributed by atoms with Gasteiger partial charge in [-0.1, -0.05) is 12.1 Å². The maximum atomic E-state index is 12.5. The van der Waals surface area contributed by atoms with Crippen LogP contribution in [0.4, 0.5) is 0 Å². The number of imidazole rings is 1. The lowest BCUT2D eigenvalue weighted by Crippen LogP contribution is -2.47. The van der Waals surface area contributed by atoms with Crippen LogP contribution in [0.1, 0.15) is 5.82 Å². The van der Waals surface area contributed by atoms with E-state index in [1.165, 1.54) is 8.61 Å². The van der Waals surface area contributed by atoms with Gasteiger partial charge in [-0.05, 0) is 12.1 Å². The number of hydrogen-bond acceptors (Lipinski definition) is 4. The fraction of sp³-hybridized carbons (Fsp3) is 0.462. The first kappa shape index (κ1) is 14.5. The number of para-hydroxylation sites is 2. The molecule has 21 heavy (non-hydrogen) atoms. The van der Waals surface area contributed by atoms with Crippen molar-refractivity contribution in [1.82, 2.24) is 18.6 Å². The lowest BCUT2D eigenvalue weighted by molar-refractivity contribution is 0.0705. The third-order valence-electron chi connectivity index (χ3n) is 3.50. The Balaban J connectivity index is 1.76. The molecule has 0 spiro atoms. The minimum atomic E-state index is -3.47. The molecule has 7 nitrogen and oxygen atoms in total. The fourth-order valence-electron chi connectivity index (χ4n) is 2.35. The van der Waals surface area contributed by atoms with E-state index in [0.717, 1.165) is 11.0 Å². The van der Waals surface area contributed by atoms with Crippen LogP contribution in [0.2, 0.25) is 0 Å². The van der Waals surface area contributed by atoms with Gasteiger partial charge in [0.05, 0.1) is 30.8 Å². The summed E-state index contributed by atoms with van der Waals surface area (Å²) >= 11 is 0. The van der Waals surface area contributed by atoms with Crippen LogP contribution < -0.4 is 0 Å². The zero-order valence-electron chi connectivity index (χ0n) is 11.8. The van der Waals surface area contributed by atoms with Gasteiger partial charge in [-0.2, -0.15) is 17.0 Å². The maximum absolute atomic E-state index is 12.5. The van der Waals surface area contributed by atoms with Gasteiger partial charge in [-0.25, -0.2) is 4.98 Å². The van der Waals surface area contributed by atoms with Crippen LogP contribution in [0.3, 0.4) is 0 Å². The monoisotopic (exact) mass is 310 g/mol. The molecule has 1 aliphatic rings. The summed E-state index contributed by atoms with van der Waals surface area (Å²) in [5, 5.41) is 0. The number of ether oxygens (including phenoxy) is 1. The Morgan fingerprint density at radius 1 is 1.33 bits per heavy atom. The lowest BCUT2D eigenvalue weighted by atomic mass is 10.3. The van der Waals surface area contributed by atoms with Crippen molar-refractivity contribution < 1.29 is 13.2 Å². The summed E-state index contributed by atoms with van der Waals surface area (Å²) in [4.78, 5) is 7.55. The number of rotatable bonds is 4. The molecule has 0 atom stereocenters. The smallest absolute Gasteiger partial charge is 0.282 e. The van der Waals surface area contributed by atoms with Crippen molar-refractivity contribution in [2.24, 2.45) is 0 Å². The average Bonchev–Trinajstić information content (AvgIpc) is 2.90. The quantitative estimate of drug-likeness (QED) is 0.895. The van der Waals surface area contributed by atoms with E-state index in [-0.39, 0.29) is 6.54 Å². The molecule has 1 aromatic heterocycles. The number of morpholine rings is 1. The molecular formula is C13H18N4O3S. The van der Waals surface area contributed by atoms with E-state index >= 15 is 0 Å². The molecule has 2 heterocycles. The molecule has 8 heteroatoms. The fourth-order valence-corrected chi connectivity index (χ4v) is 3.64. The molecule has 3 rings (SSSR count). The molecular weight excluding hydrogens is 292 g/mol.